The molecular weight excluding hydrogens is 542 g/mol. The topological polar surface area (TPSA) is 60.8 Å². The summed E-state index contributed by atoms with van der Waals surface area (Å²) < 4.78 is 0. The first-order chi connectivity index (χ1) is 21.2. The lowest BCUT2D eigenvalue weighted by atomic mass is 9.32. The number of carbonyl (C=O) groups excluding carboxylic acids is 1. The minimum Gasteiger partial charge on any atom is -0.393 e. The first-order valence-corrected chi connectivity index (χ1v) is 17.4. The van der Waals surface area contributed by atoms with Crippen LogP contribution >= 0.6 is 0 Å². The molecule has 8 atom stereocenters. The van der Waals surface area contributed by atoms with E-state index >= 15 is 4.79 Å². The van der Waals surface area contributed by atoms with Crippen LogP contribution in [0.1, 0.15) is 88.4 Å². The van der Waals surface area contributed by atoms with E-state index in [0.29, 0.717) is 12.3 Å². The number of Topliss-reactive ketones (excluding diaryl/α,β-unsaturated/α-hetero) is 1. The molecule has 1 aliphatic heterocycles. The number of piperidine rings is 1. The van der Waals surface area contributed by atoms with Gasteiger partial charge in [-0.15, -0.1) is 0 Å². The van der Waals surface area contributed by atoms with Gasteiger partial charge in [-0.2, -0.15) is 0 Å². The van der Waals surface area contributed by atoms with Crippen molar-refractivity contribution >= 4 is 5.78 Å². The van der Waals surface area contributed by atoms with E-state index in [4.69, 9.17) is 0 Å². The van der Waals surface area contributed by atoms with Gasteiger partial charge in [0.05, 0.1) is 11.7 Å². The number of nitrogens with zero attached hydrogens (tertiary/aromatic N) is 1. The van der Waals surface area contributed by atoms with Crippen molar-refractivity contribution in [3.8, 4) is 11.1 Å². The summed E-state index contributed by atoms with van der Waals surface area (Å²) in [5.41, 5.74) is 1.97. The second-order valence-electron chi connectivity index (χ2n) is 15.9. The van der Waals surface area contributed by atoms with Gasteiger partial charge < -0.3 is 15.1 Å². The summed E-state index contributed by atoms with van der Waals surface area (Å²) in [5.74, 6) is 0.646. The lowest BCUT2D eigenvalue weighted by Gasteiger charge is -2.71. The Hall–Kier alpha value is -2.53. The van der Waals surface area contributed by atoms with Gasteiger partial charge >= 0.3 is 0 Å². The first kappa shape index (κ1) is 28.9. The molecule has 0 radical (unpaired) electrons. The molecule has 6 aliphatic carbocycles. The van der Waals surface area contributed by atoms with Gasteiger partial charge in [0.1, 0.15) is 0 Å². The smallest absolute Gasteiger partial charge is 0.190 e. The van der Waals surface area contributed by atoms with Crippen molar-refractivity contribution in [2.24, 2.45) is 33.5 Å². The highest BCUT2D eigenvalue weighted by molar-refractivity contribution is 6.14. The van der Waals surface area contributed by atoms with Gasteiger partial charge in [0, 0.05) is 33.9 Å². The van der Waals surface area contributed by atoms with Gasteiger partial charge in [0.2, 0.25) is 0 Å². The van der Waals surface area contributed by atoms with Crippen LogP contribution in [0.25, 0.3) is 11.1 Å². The average molecular weight is 592 g/mol. The molecule has 2 bridgehead atoms. The van der Waals surface area contributed by atoms with E-state index in [-0.39, 0.29) is 34.1 Å². The van der Waals surface area contributed by atoms with E-state index in [1.165, 1.54) is 19.3 Å². The summed E-state index contributed by atoms with van der Waals surface area (Å²) in [4.78, 5) is 17.7. The van der Waals surface area contributed by atoms with E-state index in [2.05, 4.69) is 55.2 Å². The van der Waals surface area contributed by atoms with Gasteiger partial charge in [0.15, 0.2) is 5.78 Å². The molecule has 4 fully saturated rings. The fourth-order valence-corrected chi connectivity index (χ4v) is 11.8. The quantitative estimate of drug-likeness (QED) is 0.278. The molecule has 2 aromatic rings. The number of aliphatic hydroxyl groups excluding tert-OH is 1. The van der Waals surface area contributed by atoms with Crippen molar-refractivity contribution in [2.45, 2.75) is 89.8 Å². The molecule has 4 nitrogen and oxygen atoms in total. The number of hydrogen-bond donors (Lipinski definition) is 2. The van der Waals surface area contributed by atoms with Crippen molar-refractivity contribution in [1.29, 1.82) is 0 Å². The zero-order valence-corrected chi connectivity index (χ0v) is 26.6. The van der Waals surface area contributed by atoms with Crippen LogP contribution in [0.2, 0.25) is 0 Å². The monoisotopic (exact) mass is 591 g/mol. The number of carbonyl (C=O) groups is 1. The molecular formula is C40H49NO3. The van der Waals surface area contributed by atoms with Crippen molar-refractivity contribution < 1.29 is 15.0 Å². The predicted molar refractivity (Wildman–Crippen MR) is 175 cm³/mol. The van der Waals surface area contributed by atoms with Gasteiger partial charge in [-0.05, 0) is 99.3 Å². The molecule has 0 aromatic heterocycles. The number of rotatable bonds is 5. The minimum absolute atomic E-state index is 0.0153. The second-order valence-corrected chi connectivity index (χ2v) is 15.9. The van der Waals surface area contributed by atoms with Crippen molar-refractivity contribution in [3.05, 3.63) is 84.0 Å². The lowest BCUT2D eigenvalue weighted by Crippen LogP contribution is -2.67. The maximum atomic E-state index is 15.2. The highest BCUT2D eigenvalue weighted by Gasteiger charge is 2.74. The lowest BCUT2D eigenvalue weighted by molar-refractivity contribution is -0.176. The molecule has 1 unspecified atom stereocenters. The number of benzene rings is 2. The third-order valence-electron chi connectivity index (χ3n) is 14.1. The molecule has 7 aliphatic rings. The summed E-state index contributed by atoms with van der Waals surface area (Å²) in [6.07, 6.45) is 16.8. The molecule has 1 saturated heterocycles. The summed E-state index contributed by atoms with van der Waals surface area (Å²) in [5, 5.41) is 23.7. The molecule has 3 saturated carbocycles. The minimum atomic E-state index is -0.756. The van der Waals surface area contributed by atoms with Crippen molar-refractivity contribution in [1.82, 2.24) is 4.90 Å². The highest BCUT2D eigenvalue weighted by atomic mass is 16.3. The number of allylic oxidation sites excluding steroid dienone is 4. The Kier molecular flexibility index (Phi) is 6.56. The maximum absolute atomic E-state index is 15.2. The van der Waals surface area contributed by atoms with Gasteiger partial charge in [-0.25, -0.2) is 0 Å². The zero-order chi connectivity index (χ0) is 30.4. The van der Waals surface area contributed by atoms with E-state index < -0.39 is 11.0 Å². The molecule has 9 rings (SSSR count). The van der Waals surface area contributed by atoms with Gasteiger partial charge in [-0.3, -0.25) is 4.79 Å². The Morgan fingerprint density at radius 2 is 1.52 bits per heavy atom. The average Bonchev–Trinajstić information content (AvgIpc) is 3.31. The Bertz CT molecular complexity index is 1520. The first-order valence-electron chi connectivity index (χ1n) is 17.4. The van der Waals surface area contributed by atoms with E-state index in [1.54, 1.807) is 0 Å². The Balaban J connectivity index is 1.28. The number of β-amino-alcohol motifs (C(OH)–C–C–N with tert-alkyl or cyclic N) is 1. The number of aliphatic hydroxyl groups is 2. The Morgan fingerprint density at radius 1 is 0.841 bits per heavy atom. The largest absolute Gasteiger partial charge is 0.393 e. The van der Waals surface area contributed by atoms with Crippen molar-refractivity contribution in [2.75, 3.05) is 19.6 Å². The fourth-order valence-electron chi connectivity index (χ4n) is 11.8. The van der Waals surface area contributed by atoms with Crippen LogP contribution in [0.4, 0.5) is 0 Å². The van der Waals surface area contributed by atoms with Gasteiger partial charge in [-0.1, -0.05) is 93.1 Å². The third kappa shape index (κ3) is 3.77. The van der Waals surface area contributed by atoms with Crippen LogP contribution in [0.15, 0.2) is 78.4 Å². The molecule has 232 valence electrons. The second kappa shape index (κ2) is 9.98. The SMILES string of the molecule is C[C@]12CC[C@H]3[C@]4(C=C[C@@]5(C=C4C(=O)c4ccccc4-c4ccccc4)CC(O)CC[C@]35C)[C@@H]1CC[C@@]2(O)CN1CCCCC1. The van der Waals surface area contributed by atoms with Crippen LogP contribution in [-0.4, -0.2) is 52.2 Å². The standard InChI is InChI=1S/C40H49NO3/c1-36-18-15-29(42)25-38(36)21-22-40(32(26-38)35(43)31-14-8-7-13-30(31)28-11-5-3-6-12-28)33(36)16-19-37(2)34(40)17-20-39(37,44)27-41-23-9-4-10-24-41/h3,5-8,11-14,21-22,26,29,33-34,42,44H,4,9-10,15-20,23-25,27H2,1-2H3/t29?,33-,34-,36-,37+,38+,39-,40-/m1/s1. The summed E-state index contributed by atoms with van der Waals surface area (Å²) in [6.45, 7) is 7.76. The van der Waals surface area contributed by atoms with Crippen LogP contribution in [0, 0.1) is 33.5 Å². The fraction of sp³-hybridized carbons (Fsp3) is 0.575. The van der Waals surface area contributed by atoms with Gasteiger partial charge in [0.25, 0.3) is 0 Å². The molecule has 44 heavy (non-hydrogen) atoms. The van der Waals surface area contributed by atoms with E-state index in [9.17, 15) is 10.2 Å². The van der Waals surface area contributed by atoms with Crippen LogP contribution in [-0.2, 0) is 0 Å². The highest BCUT2D eigenvalue weighted by Crippen LogP contribution is 2.78. The molecule has 2 spiro atoms. The molecule has 2 N–H and O–H groups in total. The van der Waals surface area contributed by atoms with Crippen LogP contribution in [0.3, 0.4) is 0 Å². The third-order valence-corrected chi connectivity index (χ3v) is 14.1. The van der Waals surface area contributed by atoms with E-state index in [1.807, 2.05) is 36.4 Å². The molecule has 0 amide bonds. The predicted octanol–water partition coefficient (Wildman–Crippen LogP) is 7.61. The summed E-state index contributed by atoms with van der Waals surface area (Å²) >= 11 is 0. The van der Waals surface area contributed by atoms with Crippen molar-refractivity contribution in [3.63, 3.8) is 0 Å². The van der Waals surface area contributed by atoms with Crippen LogP contribution in [0.5, 0.6) is 0 Å². The molecule has 2 aromatic carbocycles. The van der Waals surface area contributed by atoms with Crippen LogP contribution < -0.4 is 0 Å². The normalized spacial score (nSPS) is 42.7. The molecule has 4 heteroatoms. The number of hydrogen-bond acceptors (Lipinski definition) is 4. The number of fused-ring (bicyclic) bond motifs is 1. The number of ketones is 1. The number of likely N-dealkylation sites (tertiary alicyclic amines) is 1. The Morgan fingerprint density at radius 3 is 2.32 bits per heavy atom. The maximum Gasteiger partial charge on any atom is 0.190 e. The summed E-state index contributed by atoms with van der Waals surface area (Å²) in [7, 11) is 0. The van der Waals surface area contributed by atoms with E-state index in [0.717, 1.165) is 80.4 Å². The summed E-state index contributed by atoms with van der Waals surface area (Å²) in [6, 6.07) is 18.4. The Labute approximate surface area is 263 Å². The zero-order valence-electron chi connectivity index (χ0n) is 26.6. The molecule has 1 heterocycles.